The zero-order valence-electron chi connectivity index (χ0n) is 8.52. The lowest BCUT2D eigenvalue weighted by atomic mass is 10.1. The van der Waals surface area contributed by atoms with E-state index in [4.69, 9.17) is 5.73 Å². The van der Waals surface area contributed by atoms with E-state index in [1.54, 1.807) is 5.43 Å². The molecule has 0 amide bonds. The first-order valence-corrected chi connectivity index (χ1v) is 4.32. The second-order valence-electron chi connectivity index (χ2n) is 3.11. The van der Waals surface area contributed by atoms with Crippen molar-refractivity contribution in [1.82, 2.24) is 5.43 Å². The SMILES string of the molecule is Cc1cccc(C)c1N=C(N)N[N+](=O)[O-]. The van der Waals surface area contributed by atoms with Gasteiger partial charge in [0.05, 0.1) is 5.69 Å². The molecule has 0 heterocycles. The van der Waals surface area contributed by atoms with Crippen LogP contribution in [0.4, 0.5) is 5.69 Å². The Morgan fingerprint density at radius 3 is 2.47 bits per heavy atom. The molecule has 0 saturated heterocycles. The number of nitro groups is 1. The van der Waals surface area contributed by atoms with Crippen molar-refractivity contribution in [3.63, 3.8) is 0 Å². The third kappa shape index (κ3) is 2.94. The Morgan fingerprint density at radius 2 is 2.00 bits per heavy atom. The fourth-order valence-corrected chi connectivity index (χ4v) is 1.22. The number of hydrazine groups is 1. The first-order valence-electron chi connectivity index (χ1n) is 4.32. The monoisotopic (exact) mass is 208 g/mol. The molecular formula is C9H12N4O2. The predicted octanol–water partition coefficient (Wildman–Crippen LogP) is 1.03. The molecule has 80 valence electrons. The minimum Gasteiger partial charge on any atom is -0.365 e. The summed E-state index contributed by atoms with van der Waals surface area (Å²) < 4.78 is 0. The van der Waals surface area contributed by atoms with Gasteiger partial charge in [-0.05, 0) is 25.0 Å². The van der Waals surface area contributed by atoms with E-state index in [0.29, 0.717) is 5.69 Å². The van der Waals surface area contributed by atoms with Gasteiger partial charge in [0.1, 0.15) is 0 Å². The van der Waals surface area contributed by atoms with Crippen LogP contribution >= 0.6 is 0 Å². The Kier molecular flexibility index (Phi) is 3.22. The average Bonchev–Trinajstić information content (AvgIpc) is 2.10. The number of rotatable bonds is 2. The number of nitrogens with two attached hydrogens (primary N) is 1. The molecule has 3 N–H and O–H groups in total. The lowest BCUT2D eigenvalue weighted by molar-refractivity contribution is -0.525. The molecule has 1 aromatic rings. The van der Waals surface area contributed by atoms with Crippen LogP contribution in [-0.4, -0.2) is 11.0 Å². The quantitative estimate of drug-likeness (QED) is 0.328. The number of aliphatic imine (C=N–C) groups is 1. The molecule has 6 heteroatoms. The molecule has 6 nitrogen and oxygen atoms in total. The molecule has 15 heavy (non-hydrogen) atoms. The van der Waals surface area contributed by atoms with Crippen molar-refractivity contribution in [2.75, 3.05) is 0 Å². The van der Waals surface area contributed by atoms with Crippen LogP contribution < -0.4 is 11.2 Å². The number of nitrogens with one attached hydrogen (secondary N) is 1. The molecule has 0 spiro atoms. The minimum atomic E-state index is -0.744. The summed E-state index contributed by atoms with van der Waals surface area (Å²) in [5.74, 6) is -0.225. The maximum Gasteiger partial charge on any atom is 0.256 e. The number of para-hydroxylation sites is 1. The van der Waals surface area contributed by atoms with Gasteiger partial charge < -0.3 is 5.73 Å². The van der Waals surface area contributed by atoms with Crippen molar-refractivity contribution in [2.45, 2.75) is 13.8 Å². The number of nitrogens with zero attached hydrogens (tertiary/aromatic N) is 2. The lowest BCUT2D eigenvalue weighted by Gasteiger charge is -2.04. The number of hydrogen-bond donors (Lipinski definition) is 2. The van der Waals surface area contributed by atoms with E-state index in [0.717, 1.165) is 11.1 Å². The molecular weight excluding hydrogens is 196 g/mol. The van der Waals surface area contributed by atoms with E-state index < -0.39 is 5.03 Å². The second-order valence-corrected chi connectivity index (χ2v) is 3.11. The summed E-state index contributed by atoms with van der Waals surface area (Å²) in [6.45, 7) is 3.73. The Balaban J connectivity index is 3.02. The molecule has 0 radical (unpaired) electrons. The molecule has 0 fully saturated rings. The van der Waals surface area contributed by atoms with E-state index in [9.17, 15) is 10.1 Å². The van der Waals surface area contributed by atoms with Gasteiger partial charge in [0.15, 0.2) is 5.03 Å². The molecule has 0 saturated carbocycles. The van der Waals surface area contributed by atoms with Gasteiger partial charge in [0, 0.05) is 0 Å². The molecule has 0 aliphatic heterocycles. The summed E-state index contributed by atoms with van der Waals surface area (Å²) in [5, 5.41) is 9.36. The number of aryl methyl sites for hydroxylation is 2. The summed E-state index contributed by atoms with van der Waals surface area (Å²) >= 11 is 0. The zero-order chi connectivity index (χ0) is 11.4. The van der Waals surface area contributed by atoms with Gasteiger partial charge in [-0.15, -0.1) is 0 Å². The first kappa shape index (κ1) is 11.0. The Morgan fingerprint density at radius 1 is 1.47 bits per heavy atom. The second kappa shape index (κ2) is 4.41. The summed E-state index contributed by atoms with van der Waals surface area (Å²) in [6.07, 6.45) is 0. The van der Waals surface area contributed by atoms with Crippen molar-refractivity contribution < 1.29 is 5.03 Å². The molecule has 0 aliphatic rings. The average molecular weight is 208 g/mol. The largest absolute Gasteiger partial charge is 0.365 e. The van der Waals surface area contributed by atoms with Gasteiger partial charge in [-0.1, -0.05) is 23.6 Å². The number of guanidine groups is 1. The summed E-state index contributed by atoms with van der Waals surface area (Å²) in [5.41, 5.74) is 9.63. The first-order chi connectivity index (χ1) is 7.00. The van der Waals surface area contributed by atoms with E-state index in [1.807, 2.05) is 32.0 Å². The molecule has 0 bridgehead atoms. The van der Waals surface area contributed by atoms with Crippen molar-refractivity contribution in [3.8, 4) is 0 Å². The van der Waals surface area contributed by atoms with Crippen LogP contribution in [0, 0.1) is 24.0 Å². The van der Waals surface area contributed by atoms with Crippen molar-refractivity contribution in [3.05, 3.63) is 39.4 Å². The van der Waals surface area contributed by atoms with Crippen LogP contribution in [0.15, 0.2) is 23.2 Å². The normalized spacial score (nSPS) is 11.2. The van der Waals surface area contributed by atoms with Crippen LogP contribution in [0.3, 0.4) is 0 Å². The van der Waals surface area contributed by atoms with Crippen molar-refractivity contribution in [1.29, 1.82) is 0 Å². The van der Waals surface area contributed by atoms with Crippen LogP contribution in [0.2, 0.25) is 0 Å². The maximum absolute atomic E-state index is 10.1. The van der Waals surface area contributed by atoms with E-state index in [-0.39, 0.29) is 5.96 Å². The highest BCUT2D eigenvalue weighted by Gasteiger charge is 2.03. The van der Waals surface area contributed by atoms with Crippen molar-refractivity contribution in [2.24, 2.45) is 10.7 Å². The Hall–Kier alpha value is -2.11. The standard InChI is InChI=1S/C9H12N4O2/c1-6-4-3-5-7(2)8(6)11-9(10)12-13(14)15/h3-5H,1-2H3,(H3,10,11,12). The van der Waals surface area contributed by atoms with Crippen LogP contribution in [0.5, 0.6) is 0 Å². The van der Waals surface area contributed by atoms with Crippen LogP contribution in [-0.2, 0) is 0 Å². The molecule has 0 aliphatic carbocycles. The third-order valence-corrected chi connectivity index (χ3v) is 1.88. The number of benzene rings is 1. The zero-order valence-corrected chi connectivity index (χ0v) is 8.52. The molecule has 1 rings (SSSR count). The Bertz CT molecular complexity index is 394. The van der Waals surface area contributed by atoms with Gasteiger partial charge in [-0.2, -0.15) is 0 Å². The topological polar surface area (TPSA) is 93.5 Å². The lowest BCUT2D eigenvalue weighted by Crippen LogP contribution is -2.35. The van der Waals surface area contributed by atoms with E-state index in [2.05, 4.69) is 4.99 Å². The highest BCUT2D eigenvalue weighted by Crippen LogP contribution is 2.22. The van der Waals surface area contributed by atoms with E-state index >= 15 is 0 Å². The fourth-order valence-electron chi connectivity index (χ4n) is 1.22. The van der Waals surface area contributed by atoms with Gasteiger partial charge in [0.2, 0.25) is 0 Å². The highest BCUT2D eigenvalue weighted by molar-refractivity contribution is 5.80. The third-order valence-electron chi connectivity index (χ3n) is 1.88. The van der Waals surface area contributed by atoms with Gasteiger partial charge in [0.25, 0.3) is 5.96 Å². The molecule has 0 unspecified atom stereocenters. The summed E-state index contributed by atoms with van der Waals surface area (Å²) in [4.78, 5) is 14.0. The highest BCUT2D eigenvalue weighted by atomic mass is 16.7. The van der Waals surface area contributed by atoms with Gasteiger partial charge in [-0.25, -0.2) is 15.1 Å². The van der Waals surface area contributed by atoms with Crippen LogP contribution in [0.25, 0.3) is 0 Å². The fraction of sp³-hybridized carbons (Fsp3) is 0.222. The van der Waals surface area contributed by atoms with E-state index in [1.165, 1.54) is 0 Å². The van der Waals surface area contributed by atoms with Gasteiger partial charge in [-0.3, -0.25) is 0 Å². The smallest absolute Gasteiger partial charge is 0.256 e. The molecule has 1 aromatic carbocycles. The Labute approximate surface area is 86.9 Å². The minimum absolute atomic E-state index is 0.225. The van der Waals surface area contributed by atoms with Crippen LogP contribution in [0.1, 0.15) is 11.1 Å². The molecule has 0 atom stereocenters. The summed E-state index contributed by atoms with van der Waals surface area (Å²) in [6, 6.07) is 5.62. The van der Waals surface area contributed by atoms with Gasteiger partial charge >= 0.3 is 0 Å². The summed E-state index contributed by atoms with van der Waals surface area (Å²) in [7, 11) is 0. The predicted molar refractivity (Wildman–Crippen MR) is 57.3 cm³/mol. The van der Waals surface area contributed by atoms with Crippen molar-refractivity contribution >= 4 is 11.6 Å². The maximum atomic E-state index is 10.1. The number of hydrogen-bond acceptors (Lipinski definition) is 3. The molecule has 0 aromatic heterocycles.